The van der Waals surface area contributed by atoms with Gasteiger partial charge in [-0.2, -0.15) is 5.10 Å². The van der Waals surface area contributed by atoms with E-state index in [2.05, 4.69) is 5.10 Å². The molecule has 6 nitrogen and oxygen atoms in total. The topological polar surface area (TPSA) is 90.2 Å². The SMILES string of the molecule is CC(O)CCN1N=C(C(=O)O)CCC1=O. The Morgan fingerprint density at radius 2 is 2.27 bits per heavy atom. The summed E-state index contributed by atoms with van der Waals surface area (Å²) >= 11 is 0. The van der Waals surface area contributed by atoms with Gasteiger partial charge in [-0.1, -0.05) is 0 Å². The van der Waals surface area contributed by atoms with Crippen LogP contribution < -0.4 is 0 Å². The van der Waals surface area contributed by atoms with E-state index in [1.165, 1.54) is 0 Å². The van der Waals surface area contributed by atoms with Gasteiger partial charge in [0, 0.05) is 19.4 Å². The second kappa shape index (κ2) is 4.88. The van der Waals surface area contributed by atoms with Gasteiger partial charge in [0.15, 0.2) is 0 Å². The zero-order valence-corrected chi connectivity index (χ0v) is 8.51. The zero-order chi connectivity index (χ0) is 11.4. The van der Waals surface area contributed by atoms with Gasteiger partial charge in [0.05, 0.1) is 6.10 Å². The molecule has 0 aromatic rings. The highest BCUT2D eigenvalue weighted by molar-refractivity contribution is 6.36. The van der Waals surface area contributed by atoms with Crippen LogP contribution in [0.5, 0.6) is 0 Å². The number of aliphatic carboxylic acids is 1. The quantitative estimate of drug-likeness (QED) is 0.679. The third-order valence-electron chi connectivity index (χ3n) is 2.11. The highest BCUT2D eigenvalue weighted by Crippen LogP contribution is 2.10. The van der Waals surface area contributed by atoms with Crippen LogP contribution in [0.4, 0.5) is 0 Å². The van der Waals surface area contributed by atoms with Crippen molar-refractivity contribution in [1.82, 2.24) is 5.01 Å². The number of hydrazone groups is 1. The van der Waals surface area contributed by atoms with E-state index in [-0.39, 0.29) is 31.0 Å². The molecule has 0 saturated carbocycles. The van der Waals surface area contributed by atoms with Gasteiger partial charge in [-0.3, -0.25) is 4.79 Å². The largest absolute Gasteiger partial charge is 0.477 e. The minimum atomic E-state index is -1.09. The van der Waals surface area contributed by atoms with Crippen LogP contribution in [0.3, 0.4) is 0 Å². The Morgan fingerprint density at radius 1 is 1.60 bits per heavy atom. The number of carboxylic acids is 1. The predicted molar refractivity (Wildman–Crippen MR) is 52.3 cm³/mol. The first-order valence-corrected chi connectivity index (χ1v) is 4.80. The second-order valence-electron chi connectivity index (χ2n) is 3.51. The Balaban J connectivity index is 2.63. The third-order valence-corrected chi connectivity index (χ3v) is 2.11. The Kier molecular flexibility index (Phi) is 3.79. The van der Waals surface area contributed by atoms with Crippen molar-refractivity contribution in [3.05, 3.63) is 0 Å². The molecule has 1 unspecified atom stereocenters. The molecule has 0 aliphatic carbocycles. The lowest BCUT2D eigenvalue weighted by Crippen LogP contribution is -2.35. The monoisotopic (exact) mass is 214 g/mol. The van der Waals surface area contributed by atoms with E-state index in [0.29, 0.717) is 6.42 Å². The summed E-state index contributed by atoms with van der Waals surface area (Å²) in [6.07, 6.45) is 0.218. The highest BCUT2D eigenvalue weighted by Gasteiger charge is 2.23. The Labute approximate surface area is 87.2 Å². The van der Waals surface area contributed by atoms with Gasteiger partial charge in [0.25, 0.3) is 0 Å². The Bertz CT molecular complexity index is 298. The van der Waals surface area contributed by atoms with E-state index < -0.39 is 12.1 Å². The number of aliphatic hydroxyl groups excluding tert-OH is 1. The molecule has 0 radical (unpaired) electrons. The summed E-state index contributed by atoms with van der Waals surface area (Å²) in [5.74, 6) is -1.29. The number of rotatable bonds is 4. The lowest BCUT2D eigenvalue weighted by Gasteiger charge is -2.22. The Morgan fingerprint density at radius 3 is 2.80 bits per heavy atom. The van der Waals surface area contributed by atoms with Crippen molar-refractivity contribution in [1.29, 1.82) is 0 Å². The first kappa shape index (κ1) is 11.6. The molecule has 1 aliphatic heterocycles. The molecule has 1 rings (SSSR count). The molecule has 6 heteroatoms. The molecule has 84 valence electrons. The van der Waals surface area contributed by atoms with Gasteiger partial charge >= 0.3 is 5.97 Å². The normalized spacial score (nSPS) is 18.7. The number of nitrogens with zero attached hydrogens (tertiary/aromatic N) is 2. The number of carbonyl (C=O) groups excluding carboxylic acids is 1. The summed E-state index contributed by atoms with van der Waals surface area (Å²) in [5, 5.41) is 22.6. The van der Waals surface area contributed by atoms with Crippen LogP contribution in [-0.2, 0) is 9.59 Å². The molecule has 1 aliphatic rings. The van der Waals surface area contributed by atoms with Gasteiger partial charge in [0.1, 0.15) is 5.71 Å². The lowest BCUT2D eigenvalue weighted by atomic mass is 10.1. The van der Waals surface area contributed by atoms with Crippen LogP contribution in [0.2, 0.25) is 0 Å². The summed E-state index contributed by atoms with van der Waals surface area (Å²) in [5.41, 5.74) is 0.000179. The number of carboxylic acid groups (broad SMARTS) is 1. The Hall–Kier alpha value is -1.43. The number of aliphatic hydroxyl groups is 1. The van der Waals surface area contributed by atoms with E-state index in [0.717, 1.165) is 5.01 Å². The maximum Gasteiger partial charge on any atom is 0.352 e. The van der Waals surface area contributed by atoms with E-state index in [4.69, 9.17) is 10.2 Å². The zero-order valence-electron chi connectivity index (χ0n) is 8.51. The van der Waals surface area contributed by atoms with E-state index in [1.807, 2.05) is 0 Å². The third kappa shape index (κ3) is 3.32. The molecule has 0 spiro atoms. The molecule has 0 fully saturated rings. The van der Waals surface area contributed by atoms with Gasteiger partial charge in [0.2, 0.25) is 5.91 Å². The maximum absolute atomic E-state index is 11.3. The molecular weight excluding hydrogens is 200 g/mol. The number of hydrogen-bond acceptors (Lipinski definition) is 4. The van der Waals surface area contributed by atoms with E-state index in [9.17, 15) is 9.59 Å². The molecule has 1 atom stereocenters. The molecule has 1 heterocycles. The van der Waals surface area contributed by atoms with Gasteiger partial charge in [-0.15, -0.1) is 0 Å². The standard InChI is InChI=1S/C9H14N2O4/c1-6(12)4-5-11-8(13)3-2-7(10-11)9(14)15/h6,12H,2-5H2,1H3,(H,14,15). The first-order chi connectivity index (χ1) is 7.00. The smallest absolute Gasteiger partial charge is 0.352 e. The van der Waals surface area contributed by atoms with E-state index >= 15 is 0 Å². The van der Waals surface area contributed by atoms with Crippen molar-refractivity contribution >= 4 is 17.6 Å². The van der Waals surface area contributed by atoms with Crippen molar-refractivity contribution in [3.63, 3.8) is 0 Å². The summed E-state index contributed by atoms with van der Waals surface area (Å²) in [7, 11) is 0. The molecule has 0 saturated heterocycles. The summed E-state index contributed by atoms with van der Waals surface area (Å²) in [4.78, 5) is 21.9. The molecule has 0 aromatic heterocycles. The van der Waals surface area contributed by atoms with Crippen LogP contribution in [0.25, 0.3) is 0 Å². The van der Waals surface area contributed by atoms with Gasteiger partial charge in [-0.05, 0) is 13.3 Å². The minimum Gasteiger partial charge on any atom is -0.477 e. The lowest BCUT2D eigenvalue weighted by molar-refractivity contribution is -0.133. The molecule has 2 N–H and O–H groups in total. The fraction of sp³-hybridized carbons (Fsp3) is 0.667. The summed E-state index contributed by atoms with van der Waals surface area (Å²) in [6.45, 7) is 1.86. The first-order valence-electron chi connectivity index (χ1n) is 4.80. The van der Waals surface area contributed by atoms with Gasteiger partial charge < -0.3 is 10.2 Å². The average molecular weight is 214 g/mol. The van der Waals surface area contributed by atoms with Crippen LogP contribution >= 0.6 is 0 Å². The van der Waals surface area contributed by atoms with E-state index in [1.54, 1.807) is 6.92 Å². The number of carbonyl (C=O) groups is 2. The molecule has 0 aromatic carbocycles. The molecular formula is C9H14N2O4. The van der Waals surface area contributed by atoms with Crippen molar-refractivity contribution < 1.29 is 19.8 Å². The number of hydrogen-bond donors (Lipinski definition) is 2. The average Bonchev–Trinajstić information content (AvgIpc) is 2.16. The summed E-state index contributed by atoms with van der Waals surface area (Å²) < 4.78 is 0. The fourth-order valence-electron chi connectivity index (χ4n) is 1.24. The highest BCUT2D eigenvalue weighted by atomic mass is 16.4. The van der Waals surface area contributed by atoms with Crippen LogP contribution in [-0.4, -0.2) is 45.5 Å². The predicted octanol–water partition coefficient (Wildman–Crippen LogP) is -0.180. The van der Waals surface area contributed by atoms with Crippen molar-refractivity contribution in [3.8, 4) is 0 Å². The second-order valence-corrected chi connectivity index (χ2v) is 3.51. The molecule has 0 bridgehead atoms. The van der Waals surface area contributed by atoms with Crippen molar-refractivity contribution in [2.45, 2.75) is 32.3 Å². The molecule has 15 heavy (non-hydrogen) atoms. The van der Waals surface area contributed by atoms with Crippen LogP contribution in [0.15, 0.2) is 5.10 Å². The van der Waals surface area contributed by atoms with Crippen LogP contribution in [0, 0.1) is 0 Å². The van der Waals surface area contributed by atoms with Crippen LogP contribution in [0.1, 0.15) is 26.2 Å². The van der Waals surface area contributed by atoms with Gasteiger partial charge in [-0.25, -0.2) is 9.80 Å². The maximum atomic E-state index is 11.3. The minimum absolute atomic E-state index is 0.000179. The fourth-order valence-corrected chi connectivity index (χ4v) is 1.24. The number of amides is 1. The van der Waals surface area contributed by atoms with Crippen molar-refractivity contribution in [2.24, 2.45) is 5.10 Å². The summed E-state index contributed by atoms with van der Waals surface area (Å²) in [6, 6.07) is 0. The molecule has 1 amide bonds. The van der Waals surface area contributed by atoms with Crippen molar-refractivity contribution in [2.75, 3.05) is 6.54 Å².